The van der Waals surface area contributed by atoms with E-state index in [1.54, 1.807) is 5.57 Å². The number of allylic oxidation sites excluding steroid dienone is 1. The van der Waals surface area contributed by atoms with Crippen LogP contribution in [-0.4, -0.2) is 24.5 Å². The third kappa shape index (κ3) is 1.84. The lowest BCUT2D eigenvalue weighted by atomic mass is 10.1. The van der Waals surface area contributed by atoms with Crippen molar-refractivity contribution in [2.45, 2.75) is 32.1 Å². The SMILES string of the molecule is C1=C2CCN(CCCCC1)C2. The first-order chi connectivity index (χ1) is 5.45. The molecule has 1 unspecified atom stereocenters. The van der Waals surface area contributed by atoms with Crippen molar-refractivity contribution < 1.29 is 0 Å². The molecule has 2 heterocycles. The summed E-state index contributed by atoms with van der Waals surface area (Å²) in [6.07, 6.45) is 9.42. The fourth-order valence-corrected chi connectivity index (χ4v) is 2.07. The molecule has 1 nitrogen and oxygen atoms in total. The highest BCUT2D eigenvalue weighted by atomic mass is 15.1. The van der Waals surface area contributed by atoms with E-state index in [9.17, 15) is 0 Å². The van der Waals surface area contributed by atoms with Crippen molar-refractivity contribution >= 4 is 0 Å². The molecule has 0 saturated carbocycles. The second-order valence-corrected chi connectivity index (χ2v) is 3.74. The zero-order valence-corrected chi connectivity index (χ0v) is 7.18. The molecule has 1 atom stereocenters. The molecule has 2 rings (SSSR count). The van der Waals surface area contributed by atoms with Gasteiger partial charge in [-0.3, -0.25) is 4.90 Å². The molecule has 0 aromatic rings. The molecule has 62 valence electrons. The summed E-state index contributed by atoms with van der Waals surface area (Å²) in [6, 6.07) is 0. The van der Waals surface area contributed by atoms with Gasteiger partial charge in [0.15, 0.2) is 0 Å². The van der Waals surface area contributed by atoms with Gasteiger partial charge in [-0.15, -0.1) is 0 Å². The third-order valence-electron chi connectivity index (χ3n) is 2.79. The molecule has 2 bridgehead atoms. The summed E-state index contributed by atoms with van der Waals surface area (Å²) in [7, 11) is 0. The highest BCUT2D eigenvalue weighted by molar-refractivity contribution is 5.09. The van der Waals surface area contributed by atoms with Crippen molar-refractivity contribution in [2.75, 3.05) is 19.6 Å². The van der Waals surface area contributed by atoms with Crippen LogP contribution in [0.15, 0.2) is 11.6 Å². The van der Waals surface area contributed by atoms with E-state index < -0.39 is 0 Å². The Bertz CT molecular complexity index is 160. The fourth-order valence-electron chi connectivity index (χ4n) is 2.07. The molecular formula is C10H17N. The number of nitrogens with zero attached hydrogens (tertiary/aromatic N) is 1. The van der Waals surface area contributed by atoms with Crippen molar-refractivity contribution in [1.82, 2.24) is 4.90 Å². The van der Waals surface area contributed by atoms with E-state index in [0.29, 0.717) is 0 Å². The van der Waals surface area contributed by atoms with Crippen LogP contribution in [0.2, 0.25) is 0 Å². The van der Waals surface area contributed by atoms with Crippen molar-refractivity contribution in [2.24, 2.45) is 0 Å². The Kier molecular flexibility index (Phi) is 2.27. The molecule has 0 aromatic carbocycles. The minimum Gasteiger partial charge on any atom is -0.299 e. The first-order valence-corrected chi connectivity index (χ1v) is 4.85. The Balaban J connectivity index is 2.00. The third-order valence-corrected chi connectivity index (χ3v) is 2.79. The van der Waals surface area contributed by atoms with Crippen LogP contribution in [0.25, 0.3) is 0 Å². The van der Waals surface area contributed by atoms with E-state index in [1.165, 1.54) is 51.7 Å². The molecule has 1 fully saturated rings. The Labute approximate surface area is 69.1 Å². The minimum atomic E-state index is 1.28. The van der Waals surface area contributed by atoms with Gasteiger partial charge in [-0.25, -0.2) is 0 Å². The van der Waals surface area contributed by atoms with Crippen LogP contribution in [0.4, 0.5) is 0 Å². The molecule has 11 heavy (non-hydrogen) atoms. The van der Waals surface area contributed by atoms with Gasteiger partial charge >= 0.3 is 0 Å². The second kappa shape index (κ2) is 3.40. The van der Waals surface area contributed by atoms with Crippen LogP contribution in [0.5, 0.6) is 0 Å². The standard InChI is InChI=1S/C10H17N/c1-2-4-7-11-8-6-10(9-11)5-3-1/h5H,1-4,6-9H2. The topological polar surface area (TPSA) is 3.24 Å². The van der Waals surface area contributed by atoms with E-state index in [4.69, 9.17) is 0 Å². The largest absolute Gasteiger partial charge is 0.299 e. The van der Waals surface area contributed by atoms with Gasteiger partial charge in [0.2, 0.25) is 0 Å². The smallest absolute Gasteiger partial charge is 0.0193 e. The molecule has 0 N–H and O–H groups in total. The number of hydrogen-bond acceptors (Lipinski definition) is 1. The zero-order valence-electron chi connectivity index (χ0n) is 7.18. The molecule has 0 aromatic heterocycles. The zero-order chi connectivity index (χ0) is 7.52. The van der Waals surface area contributed by atoms with E-state index >= 15 is 0 Å². The highest BCUT2D eigenvalue weighted by Gasteiger charge is 2.15. The number of rotatable bonds is 0. The average Bonchev–Trinajstić information content (AvgIpc) is 2.49. The van der Waals surface area contributed by atoms with Crippen molar-refractivity contribution in [3.63, 3.8) is 0 Å². The Morgan fingerprint density at radius 3 is 3.09 bits per heavy atom. The summed E-state index contributed by atoms with van der Waals surface area (Å²) in [5, 5.41) is 0. The number of fused-ring (bicyclic) bond motifs is 2. The van der Waals surface area contributed by atoms with Crippen molar-refractivity contribution in [3.05, 3.63) is 11.6 Å². The predicted molar refractivity (Wildman–Crippen MR) is 47.6 cm³/mol. The summed E-state index contributed by atoms with van der Waals surface area (Å²) in [5.74, 6) is 0. The minimum absolute atomic E-state index is 1.28. The molecule has 0 aliphatic carbocycles. The maximum absolute atomic E-state index is 2.59. The Morgan fingerprint density at radius 2 is 2.09 bits per heavy atom. The molecule has 2 aliphatic rings. The summed E-state index contributed by atoms with van der Waals surface area (Å²) in [5.41, 5.74) is 1.70. The monoisotopic (exact) mass is 151 g/mol. The predicted octanol–water partition coefficient (Wildman–Crippen LogP) is 2.19. The van der Waals surface area contributed by atoms with Crippen LogP contribution in [0.3, 0.4) is 0 Å². The summed E-state index contributed by atoms with van der Waals surface area (Å²) < 4.78 is 0. The van der Waals surface area contributed by atoms with Crippen molar-refractivity contribution in [1.29, 1.82) is 0 Å². The normalized spacial score (nSPS) is 32.0. The summed E-state index contributed by atoms with van der Waals surface area (Å²) in [6.45, 7) is 3.95. The van der Waals surface area contributed by atoms with Crippen LogP contribution in [0.1, 0.15) is 32.1 Å². The maximum Gasteiger partial charge on any atom is 0.0193 e. The van der Waals surface area contributed by atoms with Gasteiger partial charge in [0.05, 0.1) is 0 Å². The molecule has 0 radical (unpaired) electrons. The van der Waals surface area contributed by atoms with E-state index in [0.717, 1.165) is 0 Å². The fraction of sp³-hybridized carbons (Fsp3) is 0.800. The Morgan fingerprint density at radius 1 is 1.09 bits per heavy atom. The molecule has 0 spiro atoms. The maximum atomic E-state index is 2.59. The van der Waals surface area contributed by atoms with E-state index in [-0.39, 0.29) is 0 Å². The second-order valence-electron chi connectivity index (χ2n) is 3.74. The first kappa shape index (κ1) is 7.35. The quantitative estimate of drug-likeness (QED) is 0.480. The lowest BCUT2D eigenvalue weighted by molar-refractivity contribution is 0.335. The lowest BCUT2D eigenvalue weighted by Crippen LogP contribution is -2.20. The van der Waals surface area contributed by atoms with Gasteiger partial charge in [-0.05, 0) is 32.2 Å². The van der Waals surface area contributed by atoms with Crippen LogP contribution < -0.4 is 0 Å². The van der Waals surface area contributed by atoms with E-state index in [2.05, 4.69) is 11.0 Å². The van der Waals surface area contributed by atoms with Gasteiger partial charge in [-0.1, -0.05) is 18.1 Å². The molecular weight excluding hydrogens is 134 g/mol. The van der Waals surface area contributed by atoms with Gasteiger partial charge in [-0.2, -0.15) is 0 Å². The lowest BCUT2D eigenvalue weighted by Gasteiger charge is -2.12. The van der Waals surface area contributed by atoms with Gasteiger partial charge in [0.25, 0.3) is 0 Å². The first-order valence-electron chi connectivity index (χ1n) is 4.85. The van der Waals surface area contributed by atoms with Gasteiger partial charge in [0.1, 0.15) is 0 Å². The Hall–Kier alpha value is -0.300. The number of hydrogen-bond donors (Lipinski definition) is 0. The van der Waals surface area contributed by atoms with Crippen LogP contribution >= 0.6 is 0 Å². The molecule has 1 heteroatoms. The summed E-state index contributed by atoms with van der Waals surface area (Å²) in [4.78, 5) is 2.59. The van der Waals surface area contributed by atoms with Crippen molar-refractivity contribution in [3.8, 4) is 0 Å². The van der Waals surface area contributed by atoms with Gasteiger partial charge in [0, 0.05) is 13.1 Å². The average molecular weight is 151 g/mol. The van der Waals surface area contributed by atoms with Crippen LogP contribution in [-0.2, 0) is 0 Å². The molecule has 1 saturated heterocycles. The highest BCUT2D eigenvalue weighted by Crippen LogP contribution is 2.19. The summed E-state index contributed by atoms with van der Waals surface area (Å²) >= 11 is 0. The van der Waals surface area contributed by atoms with Gasteiger partial charge < -0.3 is 0 Å². The molecule has 2 aliphatic heterocycles. The van der Waals surface area contributed by atoms with Crippen LogP contribution in [0, 0.1) is 0 Å². The molecule has 0 amide bonds. The van der Waals surface area contributed by atoms with E-state index in [1.807, 2.05) is 0 Å².